The molecule has 0 radical (unpaired) electrons. The fourth-order valence-corrected chi connectivity index (χ4v) is 4.78. The summed E-state index contributed by atoms with van der Waals surface area (Å²) in [5.41, 5.74) is 1.24. The zero-order chi connectivity index (χ0) is 20.7. The van der Waals surface area contributed by atoms with E-state index in [-0.39, 0.29) is 11.6 Å². The number of fused-ring (bicyclic) bond motifs is 4. The van der Waals surface area contributed by atoms with E-state index in [1.807, 2.05) is 10.6 Å². The van der Waals surface area contributed by atoms with Crippen LogP contribution in [0.4, 0.5) is 17.8 Å². The minimum absolute atomic E-state index is 0.105. The second-order valence-corrected chi connectivity index (χ2v) is 8.76. The van der Waals surface area contributed by atoms with Gasteiger partial charge in [-0.3, -0.25) is 4.79 Å². The Morgan fingerprint density at radius 1 is 1.03 bits per heavy atom. The van der Waals surface area contributed by atoms with Gasteiger partial charge in [0, 0.05) is 56.4 Å². The summed E-state index contributed by atoms with van der Waals surface area (Å²) >= 11 is 0. The summed E-state index contributed by atoms with van der Waals surface area (Å²) in [7, 11) is 0. The lowest BCUT2D eigenvalue weighted by Crippen LogP contribution is -2.48. The highest BCUT2D eigenvalue weighted by Crippen LogP contribution is 2.36. The summed E-state index contributed by atoms with van der Waals surface area (Å²) in [6, 6.07) is 5.85. The van der Waals surface area contributed by atoms with E-state index < -0.39 is 0 Å². The SMILES string of the molecule is CC(C)Nc1nc(N2CCOCC2)nc(N2CC3CC(C2)c2cccc(=O)n2C3)n1. The Labute approximate surface area is 176 Å². The van der Waals surface area contributed by atoms with Crippen molar-refractivity contribution < 1.29 is 4.74 Å². The van der Waals surface area contributed by atoms with E-state index >= 15 is 0 Å². The van der Waals surface area contributed by atoms with Crippen molar-refractivity contribution in [2.75, 3.05) is 54.5 Å². The molecule has 9 heteroatoms. The molecule has 2 aromatic rings. The maximum absolute atomic E-state index is 12.3. The monoisotopic (exact) mass is 411 g/mol. The van der Waals surface area contributed by atoms with E-state index in [1.165, 1.54) is 0 Å². The molecule has 5 rings (SSSR count). The first-order valence-electron chi connectivity index (χ1n) is 10.9. The van der Waals surface area contributed by atoms with Crippen LogP contribution >= 0.6 is 0 Å². The van der Waals surface area contributed by atoms with Crippen LogP contribution in [0.3, 0.4) is 0 Å². The van der Waals surface area contributed by atoms with Gasteiger partial charge in [-0.2, -0.15) is 15.0 Å². The van der Waals surface area contributed by atoms with Crippen molar-refractivity contribution in [3.05, 3.63) is 34.2 Å². The Morgan fingerprint density at radius 2 is 1.80 bits per heavy atom. The van der Waals surface area contributed by atoms with Crippen LogP contribution in [0.15, 0.2) is 23.0 Å². The Bertz CT molecular complexity index is 970. The van der Waals surface area contributed by atoms with Crippen molar-refractivity contribution in [2.24, 2.45) is 5.92 Å². The van der Waals surface area contributed by atoms with E-state index in [4.69, 9.17) is 14.7 Å². The number of piperidine rings is 1. The largest absolute Gasteiger partial charge is 0.378 e. The highest BCUT2D eigenvalue weighted by molar-refractivity contribution is 5.46. The van der Waals surface area contributed by atoms with Crippen LogP contribution in [0.1, 0.15) is 31.9 Å². The standard InChI is InChI=1S/C21H29N7O2/c1-14(2)22-19-23-20(26-6-8-30-9-7-26)25-21(24-19)27-11-15-10-16(13-27)17-4-3-5-18(29)28(17)12-15/h3-5,14-16H,6-13H2,1-2H3,(H,22,23,24,25). The number of morpholine rings is 1. The van der Waals surface area contributed by atoms with E-state index in [1.54, 1.807) is 6.07 Å². The van der Waals surface area contributed by atoms with Crippen molar-refractivity contribution in [3.8, 4) is 0 Å². The molecule has 0 amide bonds. The number of hydrogen-bond donors (Lipinski definition) is 1. The molecule has 3 aliphatic heterocycles. The number of aromatic nitrogens is 4. The number of pyridine rings is 1. The maximum Gasteiger partial charge on any atom is 0.250 e. The van der Waals surface area contributed by atoms with E-state index in [9.17, 15) is 4.79 Å². The van der Waals surface area contributed by atoms with E-state index in [2.05, 4.69) is 40.0 Å². The number of anilines is 3. The fourth-order valence-electron chi connectivity index (χ4n) is 4.78. The minimum Gasteiger partial charge on any atom is -0.378 e. The van der Waals surface area contributed by atoms with Crippen molar-refractivity contribution in [1.29, 1.82) is 0 Å². The first-order valence-corrected chi connectivity index (χ1v) is 10.9. The smallest absolute Gasteiger partial charge is 0.250 e. The van der Waals surface area contributed by atoms with Gasteiger partial charge in [0.15, 0.2) is 0 Å². The molecule has 0 saturated carbocycles. The van der Waals surface area contributed by atoms with Gasteiger partial charge in [0.2, 0.25) is 17.8 Å². The molecule has 9 nitrogen and oxygen atoms in total. The predicted molar refractivity (Wildman–Crippen MR) is 115 cm³/mol. The second-order valence-electron chi connectivity index (χ2n) is 8.76. The van der Waals surface area contributed by atoms with Gasteiger partial charge in [0.25, 0.3) is 5.56 Å². The first-order chi connectivity index (χ1) is 14.6. The quantitative estimate of drug-likeness (QED) is 0.806. The van der Waals surface area contributed by atoms with Crippen LogP contribution in [0, 0.1) is 5.92 Å². The molecule has 0 spiro atoms. The number of hydrogen-bond acceptors (Lipinski definition) is 8. The normalized spacial score (nSPS) is 23.4. The first kappa shape index (κ1) is 19.3. The minimum atomic E-state index is 0.105. The lowest BCUT2D eigenvalue weighted by Gasteiger charge is -2.42. The van der Waals surface area contributed by atoms with Crippen molar-refractivity contribution in [1.82, 2.24) is 19.5 Å². The van der Waals surface area contributed by atoms with Gasteiger partial charge >= 0.3 is 0 Å². The van der Waals surface area contributed by atoms with Crippen LogP contribution in [0.2, 0.25) is 0 Å². The van der Waals surface area contributed by atoms with Crippen LogP contribution in [-0.4, -0.2) is 65.0 Å². The summed E-state index contributed by atoms with van der Waals surface area (Å²) < 4.78 is 7.44. The summed E-state index contributed by atoms with van der Waals surface area (Å²) in [6.07, 6.45) is 1.11. The fraction of sp³-hybridized carbons (Fsp3) is 0.619. The summed E-state index contributed by atoms with van der Waals surface area (Å²) in [5, 5.41) is 3.34. The second kappa shape index (κ2) is 7.86. The molecule has 2 unspecified atom stereocenters. The Hall–Kier alpha value is -2.68. The Morgan fingerprint density at radius 3 is 2.57 bits per heavy atom. The summed E-state index contributed by atoms with van der Waals surface area (Å²) in [5.74, 6) is 2.77. The third kappa shape index (κ3) is 3.74. The topological polar surface area (TPSA) is 88.4 Å². The maximum atomic E-state index is 12.3. The molecule has 3 aliphatic rings. The molecule has 5 heterocycles. The molecule has 30 heavy (non-hydrogen) atoms. The zero-order valence-electron chi connectivity index (χ0n) is 17.6. The molecule has 0 aromatic carbocycles. The van der Waals surface area contributed by atoms with Gasteiger partial charge in [-0.15, -0.1) is 0 Å². The molecule has 2 saturated heterocycles. The van der Waals surface area contributed by atoms with Crippen molar-refractivity contribution in [3.63, 3.8) is 0 Å². The van der Waals surface area contributed by atoms with Gasteiger partial charge in [-0.25, -0.2) is 0 Å². The Balaban J connectivity index is 1.47. The number of rotatable bonds is 4. The third-order valence-electron chi connectivity index (χ3n) is 6.09. The molecule has 2 bridgehead atoms. The molecule has 2 fully saturated rings. The van der Waals surface area contributed by atoms with Crippen LogP contribution in [0.25, 0.3) is 0 Å². The highest BCUT2D eigenvalue weighted by atomic mass is 16.5. The lowest BCUT2D eigenvalue weighted by atomic mass is 9.83. The summed E-state index contributed by atoms with van der Waals surface area (Å²) in [4.78, 5) is 31.0. The Kier molecular flexibility index (Phi) is 5.06. The lowest BCUT2D eigenvalue weighted by molar-refractivity contribution is 0.122. The van der Waals surface area contributed by atoms with Gasteiger partial charge in [-0.05, 0) is 32.3 Å². The molecule has 2 aromatic heterocycles. The molecular formula is C21H29N7O2. The molecule has 0 aliphatic carbocycles. The molecular weight excluding hydrogens is 382 g/mol. The van der Waals surface area contributed by atoms with E-state index in [0.717, 1.165) is 50.8 Å². The van der Waals surface area contributed by atoms with Crippen LogP contribution < -0.4 is 20.7 Å². The zero-order valence-corrected chi connectivity index (χ0v) is 17.6. The predicted octanol–water partition coefficient (Wildman–Crippen LogP) is 1.31. The van der Waals surface area contributed by atoms with Crippen molar-refractivity contribution >= 4 is 17.8 Å². The molecule has 2 atom stereocenters. The van der Waals surface area contributed by atoms with Gasteiger partial charge in [0.05, 0.1) is 13.2 Å². The number of ether oxygens (including phenoxy) is 1. The third-order valence-corrected chi connectivity index (χ3v) is 6.09. The average Bonchev–Trinajstić information content (AvgIpc) is 2.74. The molecule has 1 N–H and O–H groups in total. The average molecular weight is 412 g/mol. The van der Waals surface area contributed by atoms with E-state index in [0.29, 0.717) is 36.9 Å². The number of nitrogens with one attached hydrogen (secondary N) is 1. The van der Waals surface area contributed by atoms with Crippen molar-refractivity contribution in [2.45, 2.75) is 38.8 Å². The van der Waals surface area contributed by atoms with Crippen LogP contribution in [0.5, 0.6) is 0 Å². The van der Waals surface area contributed by atoms with Gasteiger partial charge < -0.3 is 24.4 Å². The van der Waals surface area contributed by atoms with Crippen LogP contribution in [-0.2, 0) is 11.3 Å². The van der Waals surface area contributed by atoms with Gasteiger partial charge in [0.1, 0.15) is 0 Å². The summed E-state index contributed by atoms with van der Waals surface area (Å²) in [6.45, 7) is 9.54. The highest BCUT2D eigenvalue weighted by Gasteiger charge is 2.36. The number of nitrogens with zero attached hydrogens (tertiary/aromatic N) is 6. The molecule has 160 valence electrons. The van der Waals surface area contributed by atoms with Gasteiger partial charge in [-0.1, -0.05) is 6.07 Å².